The summed E-state index contributed by atoms with van der Waals surface area (Å²) in [5, 5.41) is 0.378. The normalized spacial score (nSPS) is 23.5. The molecule has 1 amide bonds. The first-order valence-electron chi connectivity index (χ1n) is 7.21. The van der Waals surface area contributed by atoms with Gasteiger partial charge in [0.2, 0.25) is 0 Å². The quantitative estimate of drug-likeness (QED) is 0.837. The van der Waals surface area contributed by atoms with Crippen molar-refractivity contribution in [3.8, 4) is 0 Å². The molecule has 114 valence electrons. The van der Waals surface area contributed by atoms with Crippen LogP contribution in [-0.4, -0.2) is 61.1 Å². The van der Waals surface area contributed by atoms with Gasteiger partial charge < -0.3 is 9.64 Å². The zero-order chi connectivity index (χ0) is 14.8. The van der Waals surface area contributed by atoms with Crippen LogP contribution in [0.2, 0.25) is 5.02 Å². The molecule has 0 radical (unpaired) electrons. The van der Waals surface area contributed by atoms with Crippen molar-refractivity contribution in [3.63, 3.8) is 0 Å². The highest BCUT2D eigenvalue weighted by atomic mass is 35.5. The lowest BCUT2D eigenvalue weighted by Gasteiger charge is -2.32. The Morgan fingerprint density at radius 3 is 2.81 bits per heavy atom. The van der Waals surface area contributed by atoms with Crippen molar-refractivity contribution in [2.24, 2.45) is 0 Å². The predicted octanol–water partition coefficient (Wildman–Crippen LogP) is 2.03. The molecular weight excluding hydrogens is 295 g/mol. The second-order valence-electron chi connectivity index (χ2n) is 5.47. The van der Waals surface area contributed by atoms with Gasteiger partial charge in [-0.2, -0.15) is 0 Å². The topological polar surface area (TPSA) is 32.8 Å². The zero-order valence-corrected chi connectivity index (χ0v) is 12.5. The molecule has 1 unspecified atom stereocenters. The van der Waals surface area contributed by atoms with Gasteiger partial charge in [-0.1, -0.05) is 11.6 Å². The molecule has 0 N–H and O–H groups in total. The zero-order valence-electron chi connectivity index (χ0n) is 11.7. The highest BCUT2D eigenvalue weighted by Crippen LogP contribution is 2.22. The number of rotatable bonds is 2. The number of hydrogen-bond donors (Lipinski definition) is 0. The van der Waals surface area contributed by atoms with E-state index in [1.165, 1.54) is 18.2 Å². The van der Waals surface area contributed by atoms with Crippen molar-refractivity contribution in [3.05, 3.63) is 34.6 Å². The molecule has 0 spiro atoms. The van der Waals surface area contributed by atoms with Crippen molar-refractivity contribution in [1.29, 1.82) is 0 Å². The lowest BCUT2D eigenvalue weighted by atomic mass is 10.2. The van der Waals surface area contributed by atoms with Crippen molar-refractivity contribution in [2.45, 2.75) is 12.5 Å². The number of amides is 1. The standard InChI is InChI=1S/C15H18ClFN2O2/c16-11-1-2-14(17)13(9-11)15(20)19-4-3-12(10-19)18-5-7-21-8-6-18/h1-2,9,12H,3-8,10H2. The van der Waals surface area contributed by atoms with Gasteiger partial charge in [-0.3, -0.25) is 9.69 Å². The Kier molecular flexibility index (Phi) is 4.42. The third-order valence-corrected chi connectivity index (χ3v) is 4.41. The molecule has 0 saturated carbocycles. The maximum Gasteiger partial charge on any atom is 0.256 e. The van der Waals surface area contributed by atoms with E-state index < -0.39 is 5.82 Å². The lowest BCUT2D eigenvalue weighted by molar-refractivity contribution is 0.0185. The van der Waals surface area contributed by atoms with Gasteiger partial charge in [0, 0.05) is 37.2 Å². The van der Waals surface area contributed by atoms with Gasteiger partial charge in [-0.05, 0) is 24.6 Å². The molecule has 4 nitrogen and oxygen atoms in total. The molecule has 1 aromatic rings. The number of morpholine rings is 1. The third-order valence-electron chi connectivity index (χ3n) is 4.17. The summed E-state index contributed by atoms with van der Waals surface area (Å²) in [5.74, 6) is -0.787. The second-order valence-corrected chi connectivity index (χ2v) is 5.90. The summed E-state index contributed by atoms with van der Waals surface area (Å²) in [4.78, 5) is 16.5. The minimum atomic E-state index is -0.515. The van der Waals surface area contributed by atoms with Crippen LogP contribution in [0.25, 0.3) is 0 Å². The summed E-state index contributed by atoms with van der Waals surface area (Å²) in [7, 11) is 0. The Hall–Kier alpha value is -1.17. The number of hydrogen-bond acceptors (Lipinski definition) is 3. The third kappa shape index (κ3) is 3.20. The highest BCUT2D eigenvalue weighted by Gasteiger charge is 2.32. The van der Waals surface area contributed by atoms with Gasteiger partial charge >= 0.3 is 0 Å². The Morgan fingerprint density at radius 1 is 1.29 bits per heavy atom. The van der Waals surface area contributed by atoms with E-state index in [0.29, 0.717) is 24.2 Å². The molecule has 21 heavy (non-hydrogen) atoms. The van der Waals surface area contributed by atoms with Crippen LogP contribution in [-0.2, 0) is 4.74 Å². The number of carbonyl (C=O) groups is 1. The van der Waals surface area contributed by atoms with Crippen LogP contribution in [0.3, 0.4) is 0 Å². The molecule has 0 aromatic heterocycles. The number of ether oxygens (including phenoxy) is 1. The molecule has 1 aromatic carbocycles. The van der Waals surface area contributed by atoms with Crippen LogP contribution in [0.1, 0.15) is 16.8 Å². The molecule has 0 bridgehead atoms. The summed E-state index contributed by atoms with van der Waals surface area (Å²) in [5.41, 5.74) is 0.0603. The minimum absolute atomic E-state index is 0.0603. The van der Waals surface area contributed by atoms with E-state index in [1.807, 2.05) is 0 Å². The van der Waals surface area contributed by atoms with E-state index in [4.69, 9.17) is 16.3 Å². The molecule has 6 heteroatoms. The van der Waals surface area contributed by atoms with Crippen molar-refractivity contribution >= 4 is 17.5 Å². The van der Waals surface area contributed by atoms with Crippen LogP contribution in [0.15, 0.2) is 18.2 Å². The fourth-order valence-electron chi connectivity index (χ4n) is 3.00. The molecule has 2 aliphatic rings. The summed E-state index contributed by atoms with van der Waals surface area (Å²) < 4.78 is 19.1. The van der Waals surface area contributed by atoms with E-state index >= 15 is 0 Å². The van der Waals surface area contributed by atoms with Crippen LogP contribution in [0, 0.1) is 5.82 Å². The van der Waals surface area contributed by atoms with E-state index in [0.717, 1.165) is 32.7 Å². The molecule has 2 aliphatic heterocycles. The van der Waals surface area contributed by atoms with E-state index in [1.54, 1.807) is 4.90 Å². The van der Waals surface area contributed by atoms with Gasteiger partial charge in [0.15, 0.2) is 0 Å². The first-order valence-corrected chi connectivity index (χ1v) is 7.59. The van der Waals surface area contributed by atoms with E-state index in [2.05, 4.69) is 4.90 Å². The number of likely N-dealkylation sites (tertiary alicyclic amines) is 1. The average Bonchev–Trinajstić information content (AvgIpc) is 3.00. The fraction of sp³-hybridized carbons (Fsp3) is 0.533. The largest absolute Gasteiger partial charge is 0.379 e. The molecular formula is C15H18ClFN2O2. The monoisotopic (exact) mass is 312 g/mol. The molecule has 2 heterocycles. The Bertz CT molecular complexity index is 534. The van der Waals surface area contributed by atoms with Gasteiger partial charge in [-0.25, -0.2) is 4.39 Å². The first-order chi connectivity index (χ1) is 10.1. The number of carbonyl (C=O) groups excluding carboxylic acids is 1. The van der Waals surface area contributed by atoms with Crippen LogP contribution >= 0.6 is 11.6 Å². The van der Waals surface area contributed by atoms with E-state index in [-0.39, 0.29) is 11.5 Å². The van der Waals surface area contributed by atoms with Crippen molar-refractivity contribution in [2.75, 3.05) is 39.4 Å². The second kappa shape index (κ2) is 6.30. The number of benzene rings is 1. The first kappa shape index (κ1) is 14.8. The maximum atomic E-state index is 13.8. The van der Waals surface area contributed by atoms with Gasteiger partial charge in [0.25, 0.3) is 5.91 Å². The molecule has 3 rings (SSSR count). The Labute approximate surface area is 128 Å². The summed E-state index contributed by atoms with van der Waals surface area (Å²) in [6.45, 7) is 4.59. The summed E-state index contributed by atoms with van der Waals surface area (Å²) in [6, 6.07) is 4.45. The van der Waals surface area contributed by atoms with Gasteiger partial charge in [-0.15, -0.1) is 0 Å². The highest BCUT2D eigenvalue weighted by molar-refractivity contribution is 6.31. The summed E-state index contributed by atoms with van der Waals surface area (Å²) >= 11 is 5.86. The predicted molar refractivity (Wildman–Crippen MR) is 78.1 cm³/mol. The SMILES string of the molecule is O=C(c1cc(Cl)ccc1F)N1CCC(N2CCOCC2)C1. The smallest absolute Gasteiger partial charge is 0.256 e. The van der Waals surface area contributed by atoms with Crippen LogP contribution in [0.5, 0.6) is 0 Å². The molecule has 2 fully saturated rings. The molecule has 2 saturated heterocycles. The van der Waals surface area contributed by atoms with Crippen LogP contribution in [0.4, 0.5) is 4.39 Å². The van der Waals surface area contributed by atoms with Crippen molar-refractivity contribution < 1.29 is 13.9 Å². The number of halogens is 2. The Balaban J connectivity index is 1.67. The summed E-state index contributed by atoms with van der Waals surface area (Å²) in [6.07, 6.45) is 0.925. The molecule has 1 atom stereocenters. The average molecular weight is 313 g/mol. The van der Waals surface area contributed by atoms with Crippen molar-refractivity contribution in [1.82, 2.24) is 9.80 Å². The Morgan fingerprint density at radius 2 is 2.05 bits per heavy atom. The molecule has 0 aliphatic carbocycles. The van der Waals surface area contributed by atoms with Gasteiger partial charge in [0.05, 0.1) is 18.8 Å². The van der Waals surface area contributed by atoms with Crippen LogP contribution < -0.4 is 0 Å². The maximum absolute atomic E-state index is 13.8. The van der Waals surface area contributed by atoms with E-state index in [9.17, 15) is 9.18 Å². The lowest BCUT2D eigenvalue weighted by Crippen LogP contribution is -2.45. The number of nitrogens with zero attached hydrogens (tertiary/aromatic N) is 2. The van der Waals surface area contributed by atoms with Gasteiger partial charge in [0.1, 0.15) is 5.82 Å². The fourth-order valence-corrected chi connectivity index (χ4v) is 3.17. The minimum Gasteiger partial charge on any atom is -0.379 e.